The molecule has 35 heavy (non-hydrogen) atoms. The Kier molecular flexibility index (Phi) is 6.61. The van der Waals surface area contributed by atoms with E-state index >= 15 is 0 Å². The monoisotopic (exact) mass is 472 g/mol. The number of hydrogen-bond donors (Lipinski definition) is 0. The van der Waals surface area contributed by atoms with Crippen LogP contribution in [-0.4, -0.2) is 9.78 Å². The summed E-state index contributed by atoms with van der Waals surface area (Å²) in [5.41, 5.74) is 2.10. The number of hydrogen-bond acceptors (Lipinski definition) is 1. The van der Waals surface area contributed by atoms with Crippen molar-refractivity contribution < 1.29 is 0 Å². The summed E-state index contributed by atoms with van der Waals surface area (Å²) in [6, 6.07) is 0. The van der Waals surface area contributed by atoms with Gasteiger partial charge in [-0.15, -0.1) is 6.58 Å². The topological polar surface area (TPSA) is 17.8 Å². The van der Waals surface area contributed by atoms with E-state index in [0.717, 1.165) is 47.6 Å². The molecule has 4 aliphatic carbocycles. The van der Waals surface area contributed by atoms with Gasteiger partial charge in [0.2, 0.25) is 0 Å². The molecule has 0 amide bonds. The maximum absolute atomic E-state index is 4.67. The van der Waals surface area contributed by atoms with Gasteiger partial charge in [-0.05, 0) is 109 Å². The molecule has 1 aromatic heterocycles. The quantitative estimate of drug-likeness (QED) is 0.318. The maximum Gasteiger partial charge on any atom is 0.0646 e. The molecule has 0 bridgehead atoms. The normalized spacial score (nSPS) is 40.9. The molecule has 0 N–H and O–H groups in total. The molecule has 0 saturated heterocycles. The molecule has 190 valence electrons. The molecule has 0 aliphatic heterocycles. The average molecular weight is 473 g/mol. The highest BCUT2D eigenvalue weighted by Crippen LogP contribution is 2.68. The van der Waals surface area contributed by atoms with Gasteiger partial charge in [-0.3, -0.25) is 4.68 Å². The molecular formula is C33H48N2. The number of nitrogens with zero attached hydrogens (tertiary/aromatic N) is 2. The zero-order valence-corrected chi connectivity index (χ0v) is 22.9. The van der Waals surface area contributed by atoms with Crippen molar-refractivity contribution in [3.05, 3.63) is 43.3 Å². The molecule has 4 fully saturated rings. The van der Waals surface area contributed by atoms with E-state index in [1.165, 1.54) is 64.2 Å². The van der Waals surface area contributed by atoms with Gasteiger partial charge in [-0.2, -0.15) is 5.10 Å². The Bertz CT molecular complexity index is 1000. The lowest BCUT2D eigenvalue weighted by Crippen LogP contribution is -2.49. The van der Waals surface area contributed by atoms with Gasteiger partial charge in [0.15, 0.2) is 0 Å². The molecule has 0 spiro atoms. The van der Waals surface area contributed by atoms with E-state index < -0.39 is 0 Å². The van der Waals surface area contributed by atoms with Crippen LogP contribution in [0.25, 0.3) is 0 Å². The van der Waals surface area contributed by atoms with Crippen LogP contribution in [0.4, 0.5) is 0 Å². The number of rotatable bonds is 4. The SMILES string of the molecule is C=CC#Cc1cnn(CC(C)(C)[C@H]2CCC3[C@H]4CCC[C@]5(C=C)C[C@@H](C)CC[C@@H]5C4CC[C@@]32C)c1. The summed E-state index contributed by atoms with van der Waals surface area (Å²) in [7, 11) is 0. The number of allylic oxidation sites excluding steroid dienone is 2. The van der Waals surface area contributed by atoms with Gasteiger partial charge < -0.3 is 0 Å². The summed E-state index contributed by atoms with van der Waals surface area (Å²) in [5.74, 6) is 11.4. The third kappa shape index (κ3) is 4.26. The average Bonchev–Trinajstić information content (AvgIpc) is 3.37. The second-order valence-electron chi connectivity index (χ2n) is 13.8. The lowest BCUT2D eigenvalue weighted by molar-refractivity contribution is -0.0634. The molecular weight excluding hydrogens is 424 g/mol. The van der Waals surface area contributed by atoms with Gasteiger partial charge in [0.05, 0.1) is 11.8 Å². The van der Waals surface area contributed by atoms with Crippen LogP contribution in [-0.2, 0) is 6.54 Å². The molecule has 1 heterocycles. The van der Waals surface area contributed by atoms with Gasteiger partial charge >= 0.3 is 0 Å². The molecule has 0 radical (unpaired) electrons. The Hall–Kier alpha value is -1.75. The predicted molar refractivity (Wildman–Crippen MR) is 147 cm³/mol. The van der Waals surface area contributed by atoms with Crippen LogP contribution in [0.2, 0.25) is 0 Å². The summed E-state index contributed by atoms with van der Waals surface area (Å²) >= 11 is 0. The fourth-order valence-corrected chi connectivity index (χ4v) is 10.3. The minimum Gasteiger partial charge on any atom is -0.271 e. The van der Waals surface area contributed by atoms with Crippen molar-refractivity contribution in [2.75, 3.05) is 0 Å². The van der Waals surface area contributed by atoms with Crippen LogP contribution in [0.5, 0.6) is 0 Å². The summed E-state index contributed by atoms with van der Waals surface area (Å²) in [5, 5.41) is 4.67. The van der Waals surface area contributed by atoms with Crippen LogP contribution in [0.3, 0.4) is 0 Å². The number of fused-ring (bicyclic) bond motifs is 5. The Labute approximate surface area is 215 Å². The van der Waals surface area contributed by atoms with Crippen molar-refractivity contribution in [1.82, 2.24) is 9.78 Å². The predicted octanol–water partition coefficient (Wildman–Crippen LogP) is 8.30. The summed E-state index contributed by atoms with van der Waals surface area (Å²) in [6.45, 7) is 19.3. The first-order valence-corrected chi connectivity index (χ1v) is 14.5. The molecule has 2 nitrogen and oxygen atoms in total. The maximum atomic E-state index is 4.67. The lowest BCUT2D eigenvalue weighted by Gasteiger charge is -2.56. The molecule has 8 atom stereocenters. The fraction of sp³-hybridized carbons (Fsp3) is 0.727. The molecule has 1 aromatic rings. The lowest BCUT2D eigenvalue weighted by atomic mass is 9.49. The van der Waals surface area contributed by atoms with E-state index in [4.69, 9.17) is 0 Å². The Morgan fingerprint density at radius 1 is 1.09 bits per heavy atom. The van der Waals surface area contributed by atoms with E-state index in [1.807, 2.05) is 6.20 Å². The second kappa shape index (κ2) is 9.28. The highest BCUT2D eigenvalue weighted by Gasteiger charge is 2.60. The summed E-state index contributed by atoms with van der Waals surface area (Å²) < 4.78 is 2.14. The van der Waals surface area contributed by atoms with E-state index in [2.05, 4.69) is 74.7 Å². The molecule has 4 saturated carbocycles. The fourth-order valence-electron chi connectivity index (χ4n) is 10.3. The molecule has 2 heteroatoms. The van der Waals surface area contributed by atoms with Crippen LogP contribution in [0, 0.1) is 63.6 Å². The van der Waals surface area contributed by atoms with Gasteiger partial charge in [0.25, 0.3) is 0 Å². The first kappa shape index (κ1) is 24.9. The van der Waals surface area contributed by atoms with Crippen molar-refractivity contribution in [1.29, 1.82) is 0 Å². The first-order valence-electron chi connectivity index (χ1n) is 14.5. The smallest absolute Gasteiger partial charge is 0.0646 e. The highest BCUT2D eigenvalue weighted by atomic mass is 15.3. The van der Waals surface area contributed by atoms with Crippen LogP contribution >= 0.6 is 0 Å². The molecule has 0 aromatic carbocycles. The van der Waals surface area contributed by atoms with E-state index in [0.29, 0.717) is 10.8 Å². The summed E-state index contributed by atoms with van der Waals surface area (Å²) in [6.07, 6.45) is 22.3. The van der Waals surface area contributed by atoms with Crippen molar-refractivity contribution in [3.8, 4) is 11.8 Å². The van der Waals surface area contributed by atoms with Crippen LogP contribution in [0.15, 0.2) is 37.7 Å². The third-order valence-corrected chi connectivity index (χ3v) is 11.5. The van der Waals surface area contributed by atoms with E-state index in [1.54, 1.807) is 6.08 Å². The Balaban J connectivity index is 1.36. The van der Waals surface area contributed by atoms with Crippen LogP contribution < -0.4 is 0 Å². The van der Waals surface area contributed by atoms with Crippen molar-refractivity contribution in [3.63, 3.8) is 0 Å². The van der Waals surface area contributed by atoms with Crippen molar-refractivity contribution in [2.45, 2.75) is 98.4 Å². The van der Waals surface area contributed by atoms with Gasteiger partial charge in [-0.1, -0.05) is 65.0 Å². The van der Waals surface area contributed by atoms with E-state index in [-0.39, 0.29) is 5.41 Å². The zero-order chi connectivity index (χ0) is 24.8. The number of aromatic nitrogens is 2. The van der Waals surface area contributed by atoms with Crippen molar-refractivity contribution in [2.24, 2.45) is 51.8 Å². The van der Waals surface area contributed by atoms with Gasteiger partial charge in [0.1, 0.15) is 0 Å². The van der Waals surface area contributed by atoms with Gasteiger partial charge in [0, 0.05) is 12.7 Å². The van der Waals surface area contributed by atoms with Crippen LogP contribution in [0.1, 0.15) is 97.5 Å². The molecule has 5 rings (SSSR count). The third-order valence-electron chi connectivity index (χ3n) is 11.5. The molecule has 4 aliphatic rings. The standard InChI is InChI=1S/C33H48N2/c1-7-9-11-25-21-34-35(22-25)23-31(4,5)30-16-15-28-26-12-10-18-33(8-2)20-24(3)13-14-29(33)27(26)17-19-32(28,30)6/h7-8,21-22,24,26-30H,1-2,10,12-20,23H2,3-6H3/t24-,26-,27?,28?,29+,30+,32-,33+/m0/s1. The first-order chi connectivity index (χ1) is 16.7. The van der Waals surface area contributed by atoms with Crippen molar-refractivity contribution >= 4 is 0 Å². The Morgan fingerprint density at radius 2 is 1.86 bits per heavy atom. The largest absolute Gasteiger partial charge is 0.271 e. The highest BCUT2D eigenvalue weighted by molar-refractivity contribution is 5.32. The zero-order valence-electron chi connectivity index (χ0n) is 22.9. The Morgan fingerprint density at radius 3 is 2.63 bits per heavy atom. The summed E-state index contributed by atoms with van der Waals surface area (Å²) in [4.78, 5) is 0. The molecule has 2 unspecified atom stereocenters. The minimum absolute atomic E-state index is 0.224. The minimum atomic E-state index is 0.224. The second-order valence-corrected chi connectivity index (χ2v) is 13.8. The van der Waals surface area contributed by atoms with E-state index in [9.17, 15) is 0 Å². The van der Waals surface area contributed by atoms with Gasteiger partial charge in [-0.25, -0.2) is 0 Å².